The predicted molar refractivity (Wildman–Crippen MR) is 129 cm³/mol. The second kappa shape index (κ2) is 9.29. The highest BCUT2D eigenvalue weighted by Gasteiger charge is 2.47. The molecule has 1 fully saturated rings. The Morgan fingerprint density at radius 2 is 1.68 bits per heavy atom. The molecule has 1 atom stereocenters. The molecule has 1 aliphatic rings. The Labute approximate surface area is 205 Å². The number of aromatic hydroxyl groups is 1. The van der Waals surface area contributed by atoms with Crippen molar-refractivity contribution in [1.29, 1.82) is 0 Å². The summed E-state index contributed by atoms with van der Waals surface area (Å²) in [6.45, 7) is 0. The maximum absolute atomic E-state index is 13.2. The molecule has 1 aliphatic heterocycles. The van der Waals surface area contributed by atoms with Gasteiger partial charge in [-0.25, -0.2) is 0 Å². The molecule has 2 N–H and O–H groups in total. The first-order valence-corrected chi connectivity index (χ1v) is 10.8. The Bertz CT molecular complexity index is 1340. The van der Waals surface area contributed by atoms with E-state index in [2.05, 4.69) is 0 Å². The average molecular weight is 500 g/mol. The van der Waals surface area contributed by atoms with Crippen molar-refractivity contribution in [1.82, 2.24) is 0 Å². The van der Waals surface area contributed by atoms with Gasteiger partial charge >= 0.3 is 0 Å². The lowest BCUT2D eigenvalue weighted by molar-refractivity contribution is -0.132. The minimum atomic E-state index is -1.04. The van der Waals surface area contributed by atoms with Crippen LogP contribution in [0.1, 0.15) is 17.2 Å². The lowest BCUT2D eigenvalue weighted by Gasteiger charge is -2.26. The molecule has 0 saturated carbocycles. The lowest BCUT2D eigenvalue weighted by Crippen LogP contribution is -2.29. The number of hydrogen-bond acceptors (Lipinski definition) is 6. The molecule has 9 heteroatoms. The van der Waals surface area contributed by atoms with E-state index in [1.54, 1.807) is 30.3 Å². The van der Waals surface area contributed by atoms with E-state index in [0.29, 0.717) is 27.8 Å². The van der Waals surface area contributed by atoms with E-state index in [0.717, 1.165) is 0 Å². The molecule has 0 radical (unpaired) electrons. The Morgan fingerprint density at radius 1 is 0.941 bits per heavy atom. The first-order chi connectivity index (χ1) is 16.3. The Hall–Kier alpha value is -3.68. The summed E-state index contributed by atoms with van der Waals surface area (Å²) >= 11 is 12.3. The quantitative estimate of drug-likeness (QED) is 0.279. The number of rotatable bonds is 5. The zero-order chi connectivity index (χ0) is 24.6. The van der Waals surface area contributed by atoms with E-state index in [1.807, 2.05) is 0 Å². The number of nitrogens with zero attached hydrogens (tertiary/aromatic N) is 1. The number of amides is 1. The fraction of sp³-hybridized carbons (Fsp3) is 0.120. The number of Topliss-reactive ketones (excluding diaryl/α,β-unsaturated/α-hetero) is 1. The van der Waals surface area contributed by atoms with Crippen LogP contribution in [0.3, 0.4) is 0 Å². The fourth-order valence-electron chi connectivity index (χ4n) is 3.87. The van der Waals surface area contributed by atoms with E-state index in [1.165, 1.54) is 49.5 Å². The number of phenols is 1. The van der Waals surface area contributed by atoms with Crippen molar-refractivity contribution in [2.24, 2.45) is 0 Å². The van der Waals surface area contributed by atoms with Crippen LogP contribution < -0.4 is 14.4 Å². The molecule has 3 aromatic carbocycles. The van der Waals surface area contributed by atoms with Gasteiger partial charge < -0.3 is 19.7 Å². The topological polar surface area (TPSA) is 96.3 Å². The maximum Gasteiger partial charge on any atom is 0.300 e. The number of carbonyl (C=O) groups excluding carboxylic acids is 2. The summed E-state index contributed by atoms with van der Waals surface area (Å²) in [4.78, 5) is 27.6. The molecule has 1 saturated heterocycles. The van der Waals surface area contributed by atoms with Gasteiger partial charge in [-0.3, -0.25) is 14.5 Å². The zero-order valence-electron chi connectivity index (χ0n) is 18.1. The van der Waals surface area contributed by atoms with Crippen molar-refractivity contribution in [2.75, 3.05) is 19.1 Å². The predicted octanol–water partition coefficient (Wildman–Crippen LogP) is 5.34. The molecular weight excluding hydrogens is 481 g/mol. The molecule has 4 rings (SSSR count). The van der Waals surface area contributed by atoms with Gasteiger partial charge in [0.05, 0.1) is 30.9 Å². The van der Waals surface area contributed by atoms with E-state index >= 15 is 0 Å². The van der Waals surface area contributed by atoms with Crippen molar-refractivity contribution >= 4 is 46.3 Å². The van der Waals surface area contributed by atoms with Crippen LogP contribution in [0.15, 0.2) is 66.2 Å². The molecular formula is C25H19Cl2NO6. The van der Waals surface area contributed by atoms with E-state index < -0.39 is 23.5 Å². The first-order valence-electron chi connectivity index (χ1n) is 10.0. The van der Waals surface area contributed by atoms with E-state index in [9.17, 15) is 19.8 Å². The van der Waals surface area contributed by atoms with Gasteiger partial charge in [-0.05, 0) is 54.1 Å². The number of hydrogen-bond donors (Lipinski definition) is 2. The number of carbonyl (C=O) groups is 2. The van der Waals surface area contributed by atoms with Gasteiger partial charge in [0.15, 0.2) is 11.5 Å². The summed E-state index contributed by atoms with van der Waals surface area (Å²) in [5.41, 5.74) is 0.856. The minimum Gasteiger partial charge on any atom is -0.507 e. The SMILES string of the molecule is COc1ccc(/C(O)=C2/C(=O)C(=O)N(c3cccc(Cl)c3)C2c2ccc(O)c(Cl)c2)cc1OC. The molecule has 1 amide bonds. The van der Waals surface area contributed by atoms with Gasteiger partial charge in [0.2, 0.25) is 0 Å². The summed E-state index contributed by atoms with van der Waals surface area (Å²) in [6.07, 6.45) is 0. The highest BCUT2D eigenvalue weighted by atomic mass is 35.5. The van der Waals surface area contributed by atoms with Gasteiger partial charge in [-0.2, -0.15) is 0 Å². The minimum absolute atomic E-state index is 0.0281. The number of ether oxygens (including phenoxy) is 2. The number of aliphatic hydroxyl groups is 1. The average Bonchev–Trinajstić information content (AvgIpc) is 3.10. The third-order valence-corrected chi connectivity index (χ3v) is 6.01. The Kier molecular flexibility index (Phi) is 6.41. The number of methoxy groups -OCH3 is 2. The first kappa shape index (κ1) is 23.5. The van der Waals surface area contributed by atoms with Crippen LogP contribution in [0, 0.1) is 0 Å². The van der Waals surface area contributed by atoms with Crippen LogP contribution >= 0.6 is 23.2 Å². The normalized spacial score (nSPS) is 17.2. The standard InChI is InChI=1S/C25H19Cl2NO6/c1-33-19-9-7-14(11-20(19)34-2)23(30)21-22(13-6-8-18(29)17(27)10-13)28(25(32)24(21)31)16-5-3-4-15(26)12-16/h3-12,22,29-30H,1-2H3/b23-21-. The third kappa shape index (κ3) is 4.04. The Balaban J connectivity index is 1.97. The van der Waals surface area contributed by atoms with Crippen molar-refractivity contribution in [3.05, 3.63) is 87.4 Å². The second-order valence-corrected chi connectivity index (χ2v) is 8.27. The van der Waals surface area contributed by atoms with Gasteiger partial charge in [0, 0.05) is 16.3 Å². The lowest BCUT2D eigenvalue weighted by atomic mass is 9.95. The number of halogens is 2. The smallest absolute Gasteiger partial charge is 0.300 e. The van der Waals surface area contributed by atoms with Crippen LogP contribution in [0.4, 0.5) is 5.69 Å². The number of ketones is 1. The summed E-state index contributed by atoms with van der Waals surface area (Å²) in [6, 6.07) is 14.4. The van der Waals surface area contributed by atoms with Crippen molar-refractivity contribution in [3.63, 3.8) is 0 Å². The monoisotopic (exact) mass is 499 g/mol. The second-order valence-electron chi connectivity index (χ2n) is 7.43. The summed E-state index contributed by atoms with van der Waals surface area (Å²) in [5.74, 6) is -1.54. The van der Waals surface area contributed by atoms with E-state index in [4.69, 9.17) is 32.7 Å². The molecule has 1 heterocycles. The largest absolute Gasteiger partial charge is 0.507 e. The molecule has 0 aliphatic carbocycles. The van der Waals surface area contributed by atoms with Crippen LogP contribution in [-0.4, -0.2) is 36.1 Å². The van der Waals surface area contributed by atoms with Gasteiger partial charge in [0.25, 0.3) is 11.7 Å². The highest BCUT2D eigenvalue weighted by Crippen LogP contribution is 2.44. The van der Waals surface area contributed by atoms with Crippen LogP contribution in [0.2, 0.25) is 10.0 Å². The third-order valence-electron chi connectivity index (χ3n) is 5.48. The number of benzene rings is 3. The van der Waals surface area contributed by atoms with Crippen LogP contribution in [0.5, 0.6) is 17.2 Å². The van der Waals surface area contributed by atoms with Crippen molar-refractivity contribution < 1.29 is 29.3 Å². The van der Waals surface area contributed by atoms with Gasteiger partial charge in [-0.1, -0.05) is 35.3 Å². The molecule has 1 unspecified atom stereocenters. The number of anilines is 1. The molecule has 0 bridgehead atoms. The fourth-order valence-corrected chi connectivity index (χ4v) is 4.25. The zero-order valence-corrected chi connectivity index (χ0v) is 19.6. The molecule has 7 nitrogen and oxygen atoms in total. The van der Waals surface area contributed by atoms with Crippen molar-refractivity contribution in [2.45, 2.75) is 6.04 Å². The summed E-state index contributed by atoms with van der Waals surface area (Å²) < 4.78 is 10.5. The number of phenolic OH excluding ortho intramolecular Hbond substituents is 1. The molecule has 34 heavy (non-hydrogen) atoms. The van der Waals surface area contributed by atoms with Crippen LogP contribution in [0.25, 0.3) is 5.76 Å². The van der Waals surface area contributed by atoms with Gasteiger partial charge in [0.1, 0.15) is 11.5 Å². The molecule has 3 aromatic rings. The maximum atomic E-state index is 13.2. The van der Waals surface area contributed by atoms with Gasteiger partial charge in [-0.15, -0.1) is 0 Å². The summed E-state index contributed by atoms with van der Waals surface area (Å²) in [7, 11) is 2.92. The van der Waals surface area contributed by atoms with Crippen LogP contribution in [-0.2, 0) is 9.59 Å². The molecule has 174 valence electrons. The van der Waals surface area contributed by atoms with E-state index in [-0.39, 0.29) is 21.9 Å². The number of aliphatic hydroxyl groups excluding tert-OH is 1. The highest BCUT2D eigenvalue weighted by molar-refractivity contribution is 6.52. The molecule has 0 spiro atoms. The summed E-state index contributed by atoms with van der Waals surface area (Å²) in [5, 5.41) is 21.5. The Morgan fingerprint density at radius 3 is 2.32 bits per heavy atom. The van der Waals surface area contributed by atoms with Crippen molar-refractivity contribution in [3.8, 4) is 17.2 Å². The molecule has 0 aromatic heterocycles.